The number of carbonyl (C=O) groups is 1. The Labute approximate surface area is 125 Å². The zero-order valence-corrected chi connectivity index (χ0v) is 12.3. The molecule has 7 nitrogen and oxygen atoms in total. The van der Waals surface area contributed by atoms with Gasteiger partial charge in [0.1, 0.15) is 4.90 Å². The van der Waals surface area contributed by atoms with Crippen molar-refractivity contribution in [2.24, 2.45) is 0 Å². The first-order chi connectivity index (χ1) is 9.97. The quantitative estimate of drug-likeness (QED) is 0.770. The maximum atomic E-state index is 12.1. The van der Waals surface area contributed by atoms with Crippen molar-refractivity contribution in [3.63, 3.8) is 0 Å². The van der Waals surface area contributed by atoms with Crippen LogP contribution in [0.5, 0.6) is 0 Å². The molecule has 0 aromatic carbocycles. The van der Waals surface area contributed by atoms with Gasteiger partial charge in [0.25, 0.3) is 0 Å². The van der Waals surface area contributed by atoms with Crippen molar-refractivity contribution in [3.05, 3.63) is 46.7 Å². The van der Waals surface area contributed by atoms with Crippen LogP contribution in [0.2, 0.25) is 0 Å². The van der Waals surface area contributed by atoms with Gasteiger partial charge in [-0.25, -0.2) is 22.9 Å². The molecule has 0 bridgehead atoms. The summed E-state index contributed by atoms with van der Waals surface area (Å²) in [5, 5.41) is 10.3. The number of thiazole rings is 1. The Kier molecular flexibility index (Phi) is 4.78. The molecule has 0 fully saturated rings. The molecule has 0 radical (unpaired) electrons. The van der Waals surface area contributed by atoms with Crippen molar-refractivity contribution >= 4 is 33.4 Å². The van der Waals surface area contributed by atoms with Gasteiger partial charge in [0.05, 0.1) is 17.7 Å². The molecule has 0 aliphatic carbocycles. The molecule has 2 N–H and O–H groups in total. The van der Waals surface area contributed by atoms with Gasteiger partial charge in [-0.3, -0.25) is 4.98 Å². The lowest BCUT2D eigenvalue weighted by Gasteiger charge is -2.05. The fourth-order valence-corrected chi connectivity index (χ4v) is 2.97. The van der Waals surface area contributed by atoms with Crippen molar-refractivity contribution < 1.29 is 18.3 Å². The zero-order chi connectivity index (χ0) is 15.3. The van der Waals surface area contributed by atoms with Crippen LogP contribution in [0.25, 0.3) is 6.08 Å². The number of nitrogens with zero attached hydrogens (tertiary/aromatic N) is 2. The molecule has 0 aliphatic rings. The van der Waals surface area contributed by atoms with Crippen LogP contribution in [0, 0.1) is 0 Å². The van der Waals surface area contributed by atoms with Crippen LogP contribution in [0.4, 0.5) is 0 Å². The third-order valence-electron chi connectivity index (χ3n) is 2.39. The Morgan fingerprint density at radius 1 is 1.43 bits per heavy atom. The SMILES string of the molecule is O=C(O)C=Cc1cncc(S(=O)(=O)NCc2cscn2)c1. The highest BCUT2D eigenvalue weighted by Crippen LogP contribution is 2.11. The number of hydrogen-bond donors (Lipinski definition) is 2. The molecule has 2 heterocycles. The minimum atomic E-state index is -3.73. The number of sulfonamides is 1. The highest BCUT2D eigenvalue weighted by molar-refractivity contribution is 7.89. The second-order valence-corrected chi connectivity index (χ2v) is 6.42. The van der Waals surface area contributed by atoms with Gasteiger partial charge in [-0.15, -0.1) is 11.3 Å². The molecular weight excluding hydrogens is 314 g/mol. The summed E-state index contributed by atoms with van der Waals surface area (Å²) in [5.74, 6) is -1.12. The minimum absolute atomic E-state index is 0.0368. The number of nitrogens with one attached hydrogen (secondary N) is 1. The summed E-state index contributed by atoms with van der Waals surface area (Å²) in [6.45, 7) is 0.0844. The van der Waals surface area contributed by atoms with Crippen molar-refractivity contribution in [2.45, 2.75) is 11.4 Å². The molecule has 2 aromatic heterocycles. The van der Waals surface area contributed by atoms with Crippen LogP contribution in [-0.2, 0) is 21.4 Å². The first-order valence-electron chi connectivity index (χ1n) is 5.70. The van der Waals surface area contributed by atoms with Crippen molar-refractivity contribution in [1.82, 2.24) is 14.7 Å². The molecule has 0 spiro atoms. The van der Waals surface area contributed by atoms with Crippen LogP contribution in [0.3, 0.4) is 0 Å². The Hall–Kier alpha value is -2.10. The molecule has 0 atom stereocenters. The topological polar surface area (TPSA) is 109 Å². The summed E-state index contributed by atoms with van der Waals surface area (Å²) in [5.41, 5.74) is 2.62. The van der Waals surface area contributed by atoms with Gasteiger partial charge in [-0.1, -0.05) is 0 Å². The maximum Gasteiger partial charge on any atom is 0.328 e. The normalized spacial score (nSPS) is 11.8. The second-order valence-electron chi connectivity index (χ2n) is 3.93. The first-order valence-corrected chi connectivity index (χ1v) is 8.13. The lowest BCUT2D eigenvalue weighted by molar-refractivity contribution is -0.131. The number of aliphatic carboxylic acids is 1. The highest BCUT2D eigenvalue weighted by atomic mass is 32.2. The van der Waals surface area contributed by atoms with Gasteiger partial charge in [-0.2, -0.15) is 0 Å². The van der Waals surface area contributed by atoms with Crippen LogP contribution >= 0.6 is 11.3 Å². The molecule has 9 heteroatoms. The average Bonchev–Trinajstić information content (AvgIpc) is 2.97. The van der Waals surface area contributed by atoms with E-state index in [0.717, 1.165) is 6.08 Å². The summed E-state index contributed by atoms with van der Waals surface area (Å²) in [6.07, 6.45) is 4.76. The van der Waals surface area contributed by atoms with E-state index in [2.05, 4.69) is 14.7 Å². The number of pyridine rings is 1. The van der Waals surface area contributed by atoms with E-state index in [1.807, 2.05) is 0 Å². The van der Waals surface area contributed by atoms with Gasteiger partial charge >= 0.3 is 5.97 Å². The second kappa shape index (κ2) is 6.57. The number of carboxylic acid groups (broad SMARTS) is 1. The van der Waals surface area contributed by atoms with Crippen molar-refractivity contribution in [1.29, 1.82) is 0 Å². The molecule has 0 saturated heterocycles. The van der Waals surface area contributed by atoms with Gasteiger partial charge in [0, 0.05) is 23.8 Å². The molecule has 0 saturated carbocycles. The van der Waals surface area contributed by atoms with Crippen molar-refractivity contribution in [2.75, 3.05) is 0 Å². The molecule has 110 valence electrons. The number of rotatable bonds is 6. The molecule has 2 rings (SSSR count). The van der Waals surface area contributed by atoms with Crippen LogP contribution in [0.1, 0.15) is 11.3 Å². The largest absolute Gasteiger partial charge is 0.478 e. The summed E-state index contributed by atoms with van der Waals surface area (Å²) >= 11 is 1.37. The van der Waals surface area contributed by atoms with E-state index in [0.29, 0.717) is 11.3 Å². The molecular formula is C12H11N3O4S2. The zero-order valence-electron chi connectivity index (χ0n) is 10.6. The fraction of sp³-hybridized carbons (Fsp3) is 0.0833. The summed E-state index contributed by atoms with van der Waals surface area (Å²) in [6, 6.07) is 1.34. The van der Waals surface area contributed by atoms with Crippen LogP contribution in [0.15, 0.2) is 40.3 Å². The van der Waals surface area contributed by atoms with E-state index in [1.165, 1.54) is 35.9 Å². The molecule has 2 aromatic rings. The third kappa shape index (κ3) is 4.45. The Morgan fingerprint density at radius 2 is 2.24 bits per heavy atom. The Bertz CT molecular complexity index is 755. The van der Waals surface area contributed by atoms with E-state index >= 15 is 0 Å². The van der Waals surface area contributed by atoms with Gasteiger partial charge in [0.2, 0.25) is 10.0 Å². The monoisotopic (exact) mass is 325 g/mol. The smallest absolute Gasteiger partial charge is 0.328 e. The van der Waals surface area contributed by atoms with Crippen molar-refractivity contribution in [3.8, 4) is 0 Å². The lowest BCUT2D eigenvalue weighted by Crippen LogP contribution is -2.23. The standard InChI is InChI=1S/C12H11N3O4S2/c16-12(17)2-1-9-3-11(6-13-4-9)21(18,19)15-5-10-7-20-8-14-10/h1-4,6-8,15H,5H2,(H,16,17). The molecule has 0 aliphatic heterocycles. The average molecular weight is 325 g/mol. The summed E-state index contributed by atoms with van der Waals surface area (Å²) < 4.78 is 26.6. The van der Waals surface area contributed by atoms with E-state index in [9.17, 15) is 13.2 Å². The number of aromatic nitrogens is 2. The number of carboxylic acids is 1. The van der Waals surface area contributed by atoms with E-state index in [-0.39, 0.29) is 11.4 Å². The third-order valence-corrected chi connectivity index (χ3v) is 4.39. The summed E-state index contributed by atoms with van der Waals surface area (Å²) in [4.78, 5) is 18.2. The molecule has 0 unspecified atom stereocenters. The van der Waals surface area contributed by atoms with E-state index in [4.69, 9.17) is 5.11 Å². The molecule has 0 amide bonds. The summed E-state index contributed by atoms with van der Waals surface area (Å²) in [7, 11) is -3.73. The van der Waals surface area contributed by atoms with Crippen LogP contribution in [-0.4, -0.2) is 29.5 Å². The van der Waals surface area contributed by atoms with Gasteiger partial charge in [-0.05, 0) is 17.7 Å². The lowest BCUT2D eigenvalue weighted by atomic mass is 10.2. The Morgan fingerprint density at radius 3 is 2.90 bits per heavy atom. The predicted molar refractivity (Wildman–Crippen MR) is 77.0 cm³/mol. The fourth-order valence-electron chi connectivity index (χ4n) is 1.42. The van der Waals surface area contributed by atoms with Gasteiger partial charge < -0.3 is 5.11 Å². The minimum Gasteiger partial charge on any atom is -0.478 e. The maximum absolute atomic E-state index is 12.1. The van der Waals surface area contributed by atoms with E-state index < -0.39 is 16.0 Å². The predicted octanol–water partition coefficient (Wildman–Crippen LogP) is 1.11. The highest BCUT2D eigenvalue weighted by Gasteiger charge is 2.14. The number of hydrogen-bond acceptors (Lipinski definition) is 6. The van der Waals surface area contributed by atoms with E-state index in [1.54, 1.807) is 10.9 Å². The van der Waals surface area contributed by atoms with Crippen LogP contribution < -0.4 is 4.72 Å². The Balaban J connectivity index is 2.16. The first kappa shape index (κ1) is 15.3. The van der Waals surface area contributed by atoms with Gasteiger partial charge in [0.15, 0.2) is 0 Å². The molecule has 21 heavy (non-hydrogen) atoms.